The maximum absolute atomic E-state index is 12.0. The van der Waals surface area contributed by atoms with Crippen molar-refractivity contribution < 1.29 is 19.1 Å². The summed E-state index contributed by atoms with van der Waals surface area (Å²) in [5.41, 5.74) is 3.14. The minimum Gasteiger partial charge on any atom is -0.493 e. The van der Waals surface area contributed by atoms with E-state index in [1.165, 1.54) is 36.0 Å². The second-order valence-corrected chi connectivity index (χ2v) is 6.85. The maximum Gasteiger partial charge on any atom is 0.353 e. The summed E-state index contributed by atoms with van der Waals surface area (Å²) in [7, 11) is 1.48. The van der Waals surface area contributed by atoms with Crippen LogP contribution in [0.25, 0.3) is 0 Å². The first-order valence-electron chi connectivity index (χ1n) is 7.48. The zero-order chi connectivity index (χ0) is 18.4. The molecular weight excluding hydrogens is 372 g/mol. The molecule has 2 aromatic heterocycles. The molecule has 6 nitrogen and oxygen atoms in total. The van der Waals surface area contributed by atoms with E-state index < -0.39 is 5.97 Å². The average molecular weight is 386 g/mol. The van der Waals surface area contributed by atoms with Crippen LogP contribution in [0, 0.1) is 0 Å². The molecule has 1 N–H and O–H groups in total. The van der Waals surface area contributed by atoms with Crippen molar-refractivity contribution in [2.45, 2.75) is 0 Å². The number of amides is 1. The molecule has 0 aliphatic carbocycles. The summed E-state index contributed by atoms with van der Waals surface area (Å²) >= 11 is 2.64. The Morgan fingerprint density at radius 3 is 2.42 bits per heavy atom. The van der Waals surface area contributed by atoms with Gasteiger partial charge in [0.1, 0.15) is 4.88 Å². The van der Waals surface area contributed by atoms with Gasteiger partial charge in [0.2, 0.25) is 0 Å². The summed E-state index contributed by atoms with van der Waals surface area (Å²) in [5, 5.41) is 7.55. The highest BCUT2D eigenvalue weighted by molar-refractivity contribution is 7.12. The number of nitrogens with one attached hydrogen (secondary N) is 1. The van der Waals surface area contributed by atoms with Crippen molar-refractivity contribution in [3.63, 3.8) is 0 Å². The van der Waals surface area contributed by atoms with Crippen LogP contribution in [0.1, 0.15) is 24.9 Å². The van der Waals surface area contributed by atoms with Crippen molar-refractivity contribution in [2.75, 3.05) is 7.11 Å². The molecule has 8 heteroatoms. The molecule has 0 saturated carbocycles. The molecule has 0 unspecified atom stereocenters. The fraction of sp³-hybridized carbons (Fsp3) is 0.0556. The molecule has 2 heterocycles. The van der Waals surface area contributed by atoms with E-state index in [4.69, 9.17) is 9.47 Å². The molecule has 0 aliphatic heterocycles. The molecule has 0 saturated heterocycles. The third-order valence-corrected chi connectivity index (χ3v) is 4.96. The number of esters is 1. The number of carbonyl (C=O) groups is 2. The van der Waals surface area contributed by atoms with Gasteiger partial charge in [-0.3, -0.25) is 4.79 Å². The summed E-state index contributed by atoms with van der Waals surface area (Å²) in [4.78, 5) is 24.9. The molecule has 132 valence electrons. The second-order valence-electron chi connectivity index (χ2n) is 4.95. The Labute approximate surface area is 157 Å². The Morgan fingerprint density at radius 2 is 1.77 bits per heavy atom. The zero-order valence-corrected chi connectivity index (χ0v) is 15.3. The number of rotatable bonds is 6. The van der Waals surface area contributed by atoms with Crippen LogP contribution >= 0.6 is 22.7 Å². The van der Waals surface area contributed by atoms with Gasteiger partial charge in [-0.05, 0) is 46.7 Å². The minimum atomic E-state index is -0.442. The fourth-order valence-corrected chi connectivity index (χ4v) is 3.23. The van der Waals surface area contributed by atoms with E-state index in [2.05, 4.69) is 10.5 Å². The highest BCUT2D eigenvalue weighted by Crippen LogP contribution is 2.28. The van der Waals surface area contributed by atoms with Crippen molar-refractivity contribution in [1.82, 2.24) is 5.43 Å². The Hall–Kier alpha value is -2.97. The van der Waals surface area contributed by atoms with E-state index in [9.17, 15) is 9.59 Å². The molecule has 0 fully saturated rings. The van der Waals surface area contributed by atoms with E-state index in [-0.39, 0.29) is 5.91 Å². The number of methoxy groups -OCH3 is 1. The third-order valence-electron chi connectivity index (χ3n) is 3.24. The van der Waals surface area contributed by atoms with Crippen molar-refractivity contribution in [1.29, 1.82) is 0 Å². The number of benzene rings is 1. The highest BCUT2D eigenvalue weighted by Gasteiger charge is 2.13. The third kappa shape index (κ3) is 4.35. The van der Waals surface area contributed by atoms with Gasteiger partial charge < -0.3 is 9.47 Å². The highest BCUT2D eigenvalue weighted by atomic mass is 32.1. The maximum atomic E-state index is 12.0. The van der Waals surface area contributed by atoms with Gasteiger partial charge in [0.05, 0.1) is 18.2 Å². The normalized spacial score (nSPS) is 10.7. The van der Waals surface area contributed by atoms with Gasteiger partial charge >= 0.3 is 5.97 Å². The van der Waals surface area contributed by atoms with Crippen molar-refractivity contribution in [3.05, 3.63) is 68.5 Å². The average Bonchev–Trinajstić information content (AvgIpc) is 3.36. The molecule has 0 aliphatic rings. The van der Waals surface area contributed by atoms with Gasteiger partial charge in [-0.1, -0.05) is 12.1 Å². The minimum absolute atomic E-state index is 0.273. The predicted molar refractivity (Wildman–Crippen MR) is 102 cm³/mol. The quantitative estimate of drug-likeness (QED) is 0.303. The molecule has 3 rings (SSSR count). The first kappa shape index (κ1) is 17.8. The van der Waals surface area contributed by atoms with Crippen LogP contribution in [-0.4, -0.2) is 25.2 Å². The molecule has 0 spiro atoms. The van der Waals surface area contributed by atoms with Gasteiger partial charge in [-0.15, -0.1) is 22.7 Å². The monoisotopic (exact) mass is 386 g/mol. The summed E-state index contributed by atoms with van der Waals surface area (Å²) in [6.45, 7) is 0. The topological polar surface area (TPSA) is 77.0 Å². The molecule has 0 radical (unpaired) electrons. The predicted octanol–water partition coefficient (Wildman–Crippen LogP) is 3.80. The number of thiophene rings is 2. The second kappa shape index (κ2) is 8.41. The molecule has 1 aromatic carbocycles. The van der Waals surface area contributed by atoms with Crippen molar-refractivity contribution in [2.24, 2.45) is 5.10 Å². The van der Waals surface area contributed by atoms with E-state index in [0.29, 0.717) is 26.8 Å². The molecule has 0 bridgehead atoms. The number of hydrogen-bond acceptors (Lipinski definition) is 7. The number of hydrazone groups is 1. The van der Waals surface area contributed by atoms with Gasteiger partial charge in [-0.25, -0.2) is 10.2 Å². The van der Waals surface area contributed by atoms with Crippen molar-refractivity contribution in [3.8, 4) is 11.5 Å². The van der Waals surface area contributed by atoms with Gasteiger partial charge in [0.15, 0.2) is 11.5 Å². The van der Waals surface area contributed by atoms with Crippen LogP contribution in [0.3, 0.4) is 0 Å². The first-order valence-corrected chi connectivity index (χ1v) is 9.24. The SMILES string of the molecule is COc1cc(/C=N\NC(=O)c2cccs2)ccc1OC(=O)c1cccs1. The van der Waals surface area contributed by atoms with Crippen molar-refractivity contribution >= 4 is 40.8 Å². The lowest BCUT2D eigenvalue weighted by molar-refractivity contribution is 0.0734. The van der Waals surface area contributed by atoms with Crippen LogP contribution in [0.5, 0.6) is 11.5 Å². The molecule has 0 atom stereocenters. The van der Waals surface area contributed by atoms with Gasteiger partial charge in [0.25, 0.3) is 5.91 Å². The number of nitrogens with zero attached hydrogens (tertiary/aromatic N) is 1. The van der Waals surface area contributed by atoms with Gasteiger partial charge in [0, 0.05) is 0 Å². The van der Waals surface area contributed by atoms with Crippen LogP contribution in [-0.2, 0) is 0 Å². The van der Waals surface area contributed by atoms with E-state index in [1.807, 2.05) is 5.38 Å². The Balaban J connectivity index is 1.67. The smallest absolute Gasteiger partial charge is 0.353 e. The Kier molecular flexibility index (Phi) is 5.77. The molecule has 26 heavy (non-hydrogen) atoms. The lowest BCUT2D eigenvalue weighted by Gasteiger charge is -2.09. The number of hydrogen-bond donors (Lipinski definition) is 1. The largest absolute Gasteiger partial charge is 0.493 e. The lowest BCUT2D eigenvalue weighted by atomic mass is 10.2. The summed E-state index contributed by atoms with van der Waals surface area (Å²) in [5.74, 6) is -0.0123. The Bertz CT molecular complexity index is 919. The number of carbonyl (C=O) groups excluding carboxylic acids is 2. The van der Waals surface area contributed by atoms with E-state index in [0.717, 1.165) is 0 Å². The van der Waals surface area contributed by atoms with Crippen LogP contribution in [0.15, 0.2) is 58.3 Å². The summed E-state index contributed by atoms with van der Waals surface area (Å²) < 4.78 is 10.6. The molecule has 1 amide bonds. The first-order chi connectivity index (χ1) is 12.7. The number of ether oxygens (including phenoxy) is 2. The lowest BCUT2D eigenvalue weighted by Crippen LogP contribution is -2.16. The molecular formula is C18H14N2O4S2. The Morgan fingerprint density at radius 1 is 1.04 bits per heavy atom. The molecule has 3 aromatic rings. The summed E-state index contributed by atoms with van der Waals surface area (Å²) in [6, 6.07) is 12.0. The van der Waals surface area contributed by atoms with Crippen LogP contribution in [0.4, 0.5) is 0 Å². The van der Waals surface area contributed by atoms with E-state index in [1.54, 1.807) is 47.8 Å². The van der Waals surface area contributed by atoms with E-state index >= 15 is 0 Å². The standard InChI is InChI=1S/C18H14N2O4S2/c1-23-14-10-12(11-19-20-17(21)15-4-2-8-25-15)6-7-13(14)24-18(22)16-5-3-9-26-16/h2-11H,1H3,(H,20,21)/b19-11-. The van der Waals surface area contributed by atoms with Crippen LogP contribution in [0.2, 0.25) is 0 Å². The fourth-order valence-electron chi connectivity index (χ4n) is 2.02. The van der Waals surface area contributed by atoms with Gasteiger partial charge in [-0.2, -0.15) is 5.10 Å². The summed E-state index contributed by atoms with van der Waals surface area (Å²) in [6.07, 6.45) is 1.49. The zero-order valence-electron chi connectivity index (χ0n) is 13.7. The van der Waals surface area contributed by atoms with Crippen LogP contribution < -0.4 is 14.9 Å².